The van der Waals surface area contributed by atoms with Crippen LogP contribution in [0, 0.1) is 5.92 Å². The molecule has 2 bridgehead atoms. The maximum atomic E-state index is 8.40. The summed E-state index contributed by atoms with van der Waals surface area (Å²) in [5, 5.41) is 11.4. The summed E-state index contributed by atoms with van der Waals surface area (Å²) in [6.45, 7) is 1.78. The standard InChI is InChI=1S/C8H15N3O/c9-8(10-12)5-11-4-6-1-2-7(11)3-6/h6-7,12H,1-5H2,(H2,9,10)/t6-,7-/m0/s1. The lowest BCUT2D eigenvalue weighted by Gasteiger charge is -2.25. The molecule has 68 valence electrons. The van der Waals surface area contributed by atoms with E-state index in [1.807, 2.05) is 0 Å². The molecule has 1 saturated heterocycles. The molecule has 2 aliphatic rings. The predicted molar refractivity (Wildman–Crippen MR) is 46.1 cm³/mol. The smallest absolute Gasteiger partial charge is 0.153 e. The second-order valence-corrected chi connectivity index (χ2v) is 3.85. The minimum atomic E-state index is 0.336. The number of nitrogens with two attached hydrogens (primary N) is 1. The van der Waals surface area contributed by atoms with E-state index in [9.17, 15) is 0 Å². The van der Waals surface area contributed by atoms with E-state index in [4.69, 9.17) is 10.9 Å². The van der Waals surface area contributed by atoms with Crippen LogP contribution in [0.25, 0.3) is 0 Å². The van der Waals surface area contributed by atoms with Crippen molar-refractivity contribution in [3.05, 3.63) is 0 Å². The van der Waals surface area contributed by atoms with Crippen LogP contribution in [0.1, 0.15) is 19.3 Å². The topological polar surface area (TPSA) is 61.8 Å². The summed E-state index contributed by atoms with van der Waals surface area (Å²) in [5.74, 6) is 1.21. The van der Waals surface area contributed by atoms with Crippen LogP contribution in [-0.4, -0.2) is 35.1 Å². The molecule has 12 heavy (non-hydrogen) atoms. The fourth-order valence-corrected chi connectivity index (χ4v) is 2.46. The number of hydrogen-bond donors (Lipinski definition) is 2. The molecule has 1 aliphatic carbocycles. The molecule has 1 heterocycles. The van der Waals surface area contributed by atoms with Crippen molar-refractivity contribution in [2.24, 2.45) is 16.8 Å². The SMILES string of the molecule is NC(CN1C[C@H]2CC[C@H]1C2)=NO. The number of oxime groups is 1. The lowest BCUT2D eigenvalue weighted by atomic mass is 10.1. The first kappa shape index (κ1) is 7.86. The lowest BCUT2D eigenvalue weighted by molar-refractivity contribution is 0.237. The van der Waals surface area contributed by atoms with Crippen molar-refractivity contribution in [2.45, 2.75) is 25.3 Å². The van der Waals surface area contributed by atoms with Crippen LogP contribution in [0.4, 0.5) is 0 Å². The van der Waals surface area contributed by atoms with Crippen molar-refractivity contribution in [3.8, 4) is 0 Å². The molecule has 2 fully saturated rings. The number of rotatable bonds is 2. The number of fused-ring (bicyclic) bond motifs is 2. The predicted octanol–water partition coefficient (Wildman–Crippen LogP) is 0.217. The van der Waals surface area contributed by atoms with Gasteiger partial charge in [-0.05, 0) is 25.2 Å². The van der Waals surface area contributed by atoms with Crippen LogP contribution in [0.5, 0.6) is 0 Å². The highest BCUT2D eigenvalue weighted by atomic mass is 16.4. The van der Waals surface area contributed by atoms with Gasteiger partial charge in [0, 0.05) is 12.6 Å². The lowest BCUT2D eigenvalue weighted by Crippen LogP contribution is -2.39. The highest BCUT2D eigenvalue weighted by Crippen LogP contribution is 2.36. The average molecular weight is 169 g/mol. The van der Waals surface area contributed by atoms with Crippen molar-refractivity contribution in [1.29, 1.82) is 0 Å². The molecule has 1 aliphatic heterocycles. The summed E-state index contributed by atoms with van der Waals surface area (Å²) in [7, 11) is 0. The molecule has 2 atom stereocenters. The van der Waals surface area contributed by atoms with Gasteiger partial charge in [0.05, 0.1) is 6.54 Å². The Kier molecular flexibility index (Phi) is 1.92. The summed E-state index contributed by atoms with van der Waals surface area (Å²) < 4.78 is 0. The van der Waals surface area contributed by atoms with Crippen LogP contribution in [-0.2, 0) is 0 Å². The average Bonchev–Trinajstić information content (AvgIpc) is 2.64. The van der Waals surface area contributed by atoms with Gasteiger partial charge < -0.3 is 10.9 Å². The van der Waals surface area contributed by atoms with E-state index >= 15 is 0 Å². The van der Waals surface area contributed by atoms with E-state index in [2.05, 4.69) is 10.1 Å². The van der Waals surface area contributed by atoms with Gasteiger partial charge in [-0.15, -0.1) is 0 Å². The number of nitrogens with zero attached hydrogens (tertiary/aromatic N) is 2. The quantitative estimate of drug-likeness (QED) is 0.269. The fraction of sp³-hybridized carbons (Fsp3) is 0.875. The van der Waals surface area contributed by atoms with Gasteiger partial charge in [-0.2, -0.15) is 0 Å². The van der Waals surface area contributed by atoms with Gasteiger partial charge in [0.1, 0.15) is 0 Å². The molecule has 0 radical (unpaired) electrons. The minimum Gasteiger partial charge on any atom is -0.409 e. The van der Waals surface area contributed by atoms with Gasteiger partial charge in [0.15, 0.2) is 5.84 Å². The Morgan fingerprint density at radius 3 is 2.92 bits per heavy atom. The third-order valence-electron chi connectivity index (χ3n) is 3.02. The molecule has 0 aromatic carbocycles. The zero-order valence-electron chi connectivity index (χ0n) is 7.11. The Hall–Kier alpha value is -0.770. The normalized spacial score (nSPS) is 36.2. The van der Waals surface area contributed by atoms with Crippen LogP contribution in [0.15, 0.2) is 5.16 Å². The molecule has 1 saturated carbocycles. The van der Waals surface area contributed by atoms with E-state index in [1.54, 1.807) is 0 Å². The van der Waals surface area contributed by atoms with Crippen molar-refractivity contribution in [1.82, 2.24) is 4.90 Å². The molecule has 0 amide bonds. The van der Waals surface area contributed by atoms with Crippen LogP contribution < -0.4 is 5.73 Å². The van der Waals surface area contributed by atoms with Gasteiger partial charge in [0.2, 0.25) is 0 Å². The number of hydrogen-bond acceptors (Lipinski definition) is 3. The summed E-state index contributed by atoms with van der Waals surface area (Å²) in [4.78, 5) is 2.32. The zero-order chi connectivity index (χ0) is 8.55. The van der Waals surface area contributed by atoms with E-state index in [-0.39, 0.29) is 0 Å². The molecule has 3 N–H and O–H groups in total. The zero-order valence-corrected chi connectivity index (χ0v) is 7.11. The monoisotopic (exact) mass is 169 g/mol. The second kappa shape index (κ2) is 2.94. The molecule has 0 aromatic heterocycles. The molecule has 2 rings (SSSR count). The van der Waals surface area contributed by atoms with Gasteiger partial charge in [0.25, 0.3) is 0 Å². The molecular formula is C8H15N3O. The molecule has 4 nitrogen and oxygen atoms in total. The van der Waals surface area contributed by atoms with Crippen molar-refractivity contribution in [3.63, 3.8) is 0 Å². The molecule has 0 spiro atoms. The summed E-state index contributed by atoms with van der Waals surface area (Å²) in [5.41, 5.74) is 5.44. The minimum absolute atomic E-state index is 0.336. The first-order chi connectivity index (χ1) is 5.79. The molecule has 4 heteroatoms. The Balaban J connectivity index is 1.91. The van der Waals surface area contributed by atoms with E-state index in [0.29, 0.717) is 18.4 Å². The fourth-order valence-electron chi connectivity index (χ4n) is 2.46. The Morgan fingerprint density at radius 2 is 2.42 bits per heavy atom. The van der Waals surface area contributed by atoms with Crippen molar-refractivity contribution < 1.29 is 5.21 Å². The maximum Gasteiger partial charge on any atom is 0.153 e. The summed E-state index contributed by atoms with van der Waals surface area (Å²) >= 11 is 0. The van der Waals surface area contributed by atoms with Crippen LogP contribution in [0.2, 0.25) is 0 Å². The van der Waals surface area contributed by atoms with Gasteiger partial charge in [-0.25, -0.2) is 0 Å². The number of likely N-dealkylation sites (tertiary alicyclic amines) is 1. The van der Waals surface area contributed by atoms with Crippen molar-refractivity contribution in [2.75, 3.05) is 13.1 Å². The Labute approximate surface area is 72.0 Å². The largest absolute Gasteiger partial charge is 0.409 e. The first-order valence-corrected chi connectivity index (χ1v) is 4.50. The van der Waals surface area contributed by atoms with Crippen molar-refractivity contribution >= 4 is 5.84 Å². The Bertz CT molecular complexity index is 204. The third-order valence-corrected chi connectivity index (χ3v) is 3.02. The van der Waals surface area contributed by atoms with E-state index in [0.717, 1.165) is 12.5 Å². The molecule has 0 unspecified atom stereocenters. The number of piperidine rings is 1. The Morgan fingerprint density at radius 1 is 1.58 bits per heavy atom. The van der Waals surface area contributed by atoms with Gasteiger partial charge in [-0.3, -0.25) is 4.90 Å². The highest BCUT2D eigenvalue weighted by molar-refractivity contribution is 5.81. The van der Waals surface area contributed by atoms with Crippen LogP contribution >= 0.6 is 0 Å². The van der Waals surface area contributed by atoms with Gasteiger partial charge in [-0.1, -0.05) is 5.16 Å². The van der Waals surface area contributed by atoms with E-state index in [1.165, 1.54) is 19.3 Å². The maximum absolute atomic E-state index is 8.40. The van der Waals surface area contributed by atoms with Crippen LogP contribution in [0.3, 0.4) is 0 Å². The second-order valence-electron chi connectivity index (χ2n) is 3.85. The van der Waals surface area contributed by atoms with E-state index < -0.39 is 0 Å². The molecule has 0 aromatic rings. The summed E-state index contributed by atoms with van der Waals surface area (Å²) in [6.07, 6.45) is 3.99. The highest BCUT2D eigenvalue weighted by Gasteiger charge is 2.37. The van der Waals surface area contributed by atoms with Gasteiger partial charge >= 0.3 is 0 Å². The summed E-state index contributed by atoms with van der Waals surface area (Å²) in [6, 6.07) is 0.704. The first-order valence-electron chi connectivity index (χ1n) is 4.50. The number of amidine groups is 1. The third kappa shape index (κ3) is 1.27. The molecular weight excluding hydrogens is 154 g/mol.